The number of nitrogens with zero attached hydrogens (tertiary/aromatic N) is 1. The number of aliphatic hydroxyl groups is 1. The zero-order valence-electron chi connectivity index (χ0n) is 4.27. The molecule has 0 rings (SSSR count). The van der Waals surface area contributed by atoms with Crippen LogP contribution < -0.4 is 11.5 Å². The Hall–Kier alpha value is -1.21. The maximum atomic E-state index is 9.87. The molecule has 0 aromatic heterocycles. The van der Waals surface area contributed by atoms with E-state index in [1.807, 2.05) is 0 Å². The van der Waals surface area contributed by atoms with Crippen LogP contribution in [-0.4, -0.2) is 21.8 Å². The fourth-order valence-electron chi connectivity index (χ4n) is 0.0900. The molecule has 0 fully saturated rings. The lowest BCUT2D eigenvalue weighted by Crippen LogP contribution is -2.57. The van der Waals surface area contributed by atoms with E-state index >= 15 is 0 Å². The summed E-state index contributed by atoms with van der Waals surface area (Å²) < 4.78 is 0. The second-order valence-corrected chi connectivity index (χ2v) is 1.35. The third-order valence-electron chi connectivity index (χ3n) is 0.641. The largest absolute Gasteiger partial charge is 0.461 e. The van der Waals surface area contributed by atoms with Gasteiger partial charge in [-0.05, 0) is 0 Å². The first-order valence-electron chi connectivity index (χ1n) is 1.84. The average Bonchev–Trinajstić information content (AvgIpc) is 1.65. The fraction of sp³-hybridized carbons (Fsp3) is 0.500. The summed E-state index contributed by atoms with van der Waals surface area (Å²) in [4.78, 5) is 18.1. The lowest BCUT2D eigenvalue weighted by atomic mass is 10.4. The van der Waals surface area contributed by atoms with E-state index < -0.39 is 16.7 Å². The molecule has 0 saturated heterocycles. The van der Waals surface area contributed by atoms with Crippen LogP contribution in [0, 0.1) is 10.1 Å². The second kappa shape index (κ2) is 1.96. The van der Waals surface area contributed by atoms with E-state index in [4.69, 9.17) is 5.11 Å². The van der Waals surface area contributed by atoms with E-state index in [0.29, 0.717) is 0 Å². The van der Waals surface area contributed by atoms with Gasteiger partial charge in [-0.15, -0.1) is 0 Å². The monoisotopic (exact) mass is 135 g/mol. The summed E-state index contributed by atoms with van der Waals surface area (Å²) in [5, 5.41) is 17.9. The first-order valence-corrected chi connectivity index (χ1v) is 1.84. The van der Waals surface area contributed by atoms with Crippen LogP contribution in [0.2, 0.25) is 0 Å². The van der Waals surface area contributed by atoms with Crippen molar-refractivity contribution in [3.63, 3.8) is 0 Å². The van der Waals surface area contributed by atoms with Crippen LogP contribution in [0.3, 0.4) is 0 Å². The standard InChI is InChI=1S/C2H5N3O4/c3-1(6)2(4,7)5(8)9/h7H,4H2,(H2,3,6). The summed E-state index contributed by atoms with van der Waals surface area (Å²) in [5.74, 6) is -4.73. The van der Waals surface area contributed by atoms with Crippen molar-refractivity contribution in [3.8, 4) is 0 Å². The van der Waals surface area contributed by atoms with E-state index in [2.05, 4.69) is 11.5 Å². The first kappa shape index (κ1) is 7.79. The number of nitro groups is 1. The summed E-state index contributed by atoms with van der Waals surface area (Å²) in [6.07, 6.45) is 0. The molecule has 1 unspecified atom stereocenters. The van der Waals surface area contributed by atoms with E-state index in [9.17, 15) is 14.9 Å². The van der Waals surface area contributed by atoms with E-state index in [1.165, 1.54) is 0 Å². The molecule has 0 spiro atoms. The van der Waals surface area contributed by atoms with Crippen LogP contribution in [-0.2, 0) is 4.79 Å². The molecule has 0 aromatic carbocycles. The molecule has 0 radical (unpaired) electrons. The highest BCUT2D eigenvalue weighted by Gasteiger charge is 2.42. The van der Waals surface area contributed by atoms with Gasteiger partial charge >= 0.3 is 11.8 Å². The number of nitrogens with two attached hydrogens (primary N) is 2. The maximum Gasteiger partial charge on any atom is 0.461 e. The molecule has 7 heteroatoms. The number of hydrogen-bond donors (Lipinski definition) is 3. The maximum absolute atomic E-state index is 9.87. The highest BCUT2D eigenvalue weighted by molar-refractivity contribution is 5.80. The van der Waals surface area contributed by atoms with Crippen molar-refractivity contribution < 1.29 is 14.8 Å². The fourth-order valence-corrected chi connectivity index (χ4v) is 0.0900. The van der Waals surface area contributed by atoms with Gasteiger partial charge in [0.2, 0.25) is 0 Å². The highest BCUT2D eigenvalue weighted by atomic mass is 16.7. The van der Waals surface area contributed by atoms with Gasteiger partial charge in [-0.3, -0.25) is 14.9 Å². The third-order valence-corrected chi connectivity index (χ3v) is 0.641. The molecule has 0 aromatic rings. The molecule has 5 N–H and O–H groups in total. The van der Waals surface area contributed by atoms with Gasteiger partial charge in [0, 0.05) is 0 Å². The number of primary amides is 1. The van der Waals surface area contributed by atoms with Crippen molar-refractivity contribution in [2.24, 2.45) is 11.5 Å². The minimum Gasteiger partial charge on any atom is -0.360 e. The molecule has 0 aliphatic heterocycles. The molecule has 9 heavy (non-hydrogen) atoms. The van der Waals surface area contributed by atoms with Crippen LogP contribution in [0.15, 0.2) is 0 Å². The Morgan fingerprint density at radius 1 is 1.78 bits per heavy atom. The van der Waals surface area contributed by atoms with Crippen molar-refractivity contribution >= 4 is 5.91 Å². The summed E-state index contributed by atoms with van der Waals surface area (Å²) in [6, 6.07) is 0. The Labute approximate surface area is 49.4 Å². The average molecular weight is 135 g/mol. The normalized spacial score (nSPS) is 16.2. The van der Waals surface area contributed by atoms with Crippen LogP contribution in [0.25, 0.3) is 0 Å². The molecule has 0 heterocycles. The van der Waals surface area contributed by atoms with Gasteiger partial charge in [0.1, 0.15) is 0 Å². The Kier molecular flexibility index (Phi) is 1.69. The quantitative estimate of drug-likeness (QED) is 0.216. The number of amides is 1. The lowest BCUT2D eigenvalue weighted by Gasteiger charge is -2.06. The summed E-state index contributed by atoms with van der Waals surface area (Å²) in [6.45, 7) is 0. The molecule has 0 aliphatic carbocycles. The first-order chi connectivity index (χ1) is 3.89. The molecule has 7 nitrogen and oxygen atoms in total. The van der Waals surface area contributed by atoms with Crippen molar-refractivity contribution in [1.29, 1.82) is 0 Å². The summed E-state index contributed by atoms with van der Waals surface area (Å²) in [5.41, 5.74) is 8.70. The molecular weight excluding hydrogens is 130 g/mol. The molecule has 1 atom stereocenters. The minimum absolute atomic E-state index is 1.38. The number of rotatable bonds is 2. The van der Waals surface area contributed by atoms with Crippen molar-refractivity contribution in [1.82, 2.24) is 0 Å². The second-order valence-electron chi connectivity index (χ2n) is 1.35. The van der Waals surface area contributed by atoms with Crippen LogP contribution >= 0.6 is 0 Å². The number of hydrogen-bond acceptors (Lipinski definition) is 5. The molecule has 0 bridgehead atoms. The van der Waals surface area contributed by atoms with E-state index in [1.54, 1.807) is 0 Å². The van der Waals surface area contributed by atoms with Crippen LogP contribution in [0.5, 0.6) is 0 Å². The molecular formula is C2H5N3O4. The molecule has 52 valence electrons. The van der Waals surface area contributed by atoms with Crippen molar-refractivity contribution in [2.45, 2.75) is 5.85 Å². The van der Waals surface area contributed by atoms with Gasteiger partial charge in [0.05, 0.1) is 4.92 Å². The number of carbonyl (C=O) groups excluding carboxylic acids is 1. The van der Waals surface area contributed by atoms with Gasteiger partial charge in [-0.1, -0.05) is 0 Å². The predicted octanol–water partition coefficient (Wildman–Crippen LogP) is -2.65. The Morgan fingerprint density at radius 3 is 2.11 bits per heavy atom. The predicted molar refractivity (Wildman–Crippen MR) is 25.3 cm³/mol. The Bertz CT molecular complexity index is 136. The van der Waals surface area contributed by atoms with Gasteiger partial charge < -0.3 is 10.8 Å². The van der Waals surface area contributed by atoms with Gasteiger partial charge in [0.25, 0.3) is 0 Å². The van der Waals surface area contributed by atoms with Gasteiger partial charge in [0.15, 0.2) is 0 Å². The Morgan fingerprint density at radius 2 is 2.11 bits per heavy atom. The smallest absolute Gasteiger partial charge is 0.360 e. The molecule has 1 amide bonds. The van der Waals surface area contributed by atoms with E-state index in [0.717, 1.165) is 0 Å². The van der Waals surface area contributed by atoms with Gasteiger partial charge in [-0.2, -0.15) is 0 Å². The van der Waals surface area contributed by atoms with Crippen LogP contribution in [0.4, 0.5) is 0 Å². The summed E-state index contributed by atoms with van der Waals surface area (Å²) in [7, 11) is 0. The molecule has 0 saturated carbocycles. The van der Waals surface area contributed by atoms with Crippen LogP contribution in [0.1, 0.15) is 0 Å². The summed E-state index contributed by atoms with van der Waals surface area (Å²) >= 11 is 0. The minimum atomic E-state index is -3.14. The topological polar surface area (TPSA) is 132 Å². The highest BCUT2D eigenvalue weighted by Crippen LogP contribution is 1.91. The number of carbonyl (C=O) groups is 1. The van der Waals surface area contributed by atoms with Crippen molar-refractivity contribution in [2.75, 3.05) is 0 Å². The zero-order chi connectivity index (χ0) is 7.65. The third kappa shape index (κ3) is 1.34. The Balaban J connectivity index is 4.38. The lowest BCUT2D eigenvalue weighted by molar-refractivity contribution is -0.602. The van der Waals surface area contributed by atoms with Gasteiger partial charge in [-0.25, -0.2) is 5.73 Å². The van der Waals surface area contributed by atoms with Crippen molar-refractivity contribution in [3.05, 3.63) is 10.1 Å². The van der Waals surface area contributed by atoms with E-state index in [-0.39, 0.29) is 0 Å². The SMILES string of the molecule is NC(=O)C(N)(O)[N+](=O)[O-]. The molecule has 0 aliphatic rings. The zero-order valence-corrected chi connectivity index (χ0v) is 4.27.